The maximum atomic E-state index is 13.5. The second-order valence-corrected chi connectivity index (χ2v) is 6.45. The molecule has 1 aromatic carbocycles. The van der Waals surface area contributed by atoms with E-state index in [0.29, 0.717) is 25.2 Å². The van der Waals surface area contributed by atoms with Crippen molar-refractivity contribution in [2.45, 2.75) is 12.8 Å². The van der Waals surface area contributed by atoms with Gasteiger partial charge in [-0.1, -0.05) is 17.7 Å². The maximum absolute atomic E-state index is 13.5. The van der Waals surface area contributed by atoms with Gasteiger partial charge in [0.25, 0.3) is 0 Å². The molecule has 27 heavy (non-hydrogen) atoms. The average molecular weight is 361 g/mol. The van der Waals surface area contributed by atoms with Gasteiger partial charge in [-0.25, -0.2) is 9.24 Å². The van der Waals surface area contributed by atoms with Crippen LogP contribution in [0.15, 0.2) is 48.8 Å². The topological polar surface area (TPSA) is 66.2 Å². The second-order valence-electron chi connectivity index (χ2n) is 6.45. The molecule has 1 aliphatic rings. The Hall–Kier alpha value is -3.53. The highest BCUT2D eigenvalue weighted by Crippen LogP contribution is 2.30. The number of nitrogens with zero attached hydrogens (tertiary/aromatic N) is 4. The van der Waals surface area contributed by atoms with Crippen molar-refractivity contribution in [3.05, 3.63) is 71.6 Å². The second kappa shape index (κ2) is 7.00. The van der Waals surface area contributed by atoms with Crippen molar-refractivity contribution >= 4 is 17.4 Å². The number of carbonyl (C=O) groups is 1. The van der Waals surface area contributed by atoms with Crippen molar-refractivity contribution < 1.29 is 9.18 Å². The lowest BCUT2D eigenvalue weighted by atomic mass is 9.97. The van der Waals surface area contributed by atoms with Gasteiger partial charge in [-0.3, -0.25) is 19.8 Å². The van der Waals surface area contributed by atoms with Crippen molar-refractivity contribution in [3.63, 3.8) is 0 Å². The Morgan fingerprint density at radius 1 is 1.26 bits per heavy atom. The number of halogens is 1. The predicted molar refractivity (Wildman–Crippen MR) is 98.6 cm³/mol. The molecule has 3 aromatic rings. The van der Waals surface area contributed by atoms with E-state index < -0.39 is 5.82 Å². The van der Waals surface area contributed by atoms with Crippen LogP contribution in [0.3, 0.4) is 0 Å². The summed E-state index contributed by atoms with van der Waals surface area (Å²) in [7, 11) is 0. The molecule has 0 aliphatic carbocycles. The zero-order valence-electron chi connectivity index (χ0n) is 14.4. The van der Waals surface area contributed by atoms with Crippen molar-refractivity contribution in [2.75, 3.05) is 11.4 Å². The van der Waals surface area contributed by atoms with E-state index >= 15 is 0 Å². The zero-order valence-corrected chi connectivity index (χ0v) is 14.4. The van der Waals surface area contributed by atoms with Crippen LogP contribution >= 0.6 is 0 Å². The SMILES string of the molecule is [C-]#[N+]c1cc(CC2CCN(c3cc(-c4ccncc4)[nH]n3)C2=O)ccc1F. The Morgan fingerprint density at radius 2 is 2.07 bits per heavy atom. The molecule has 1 aliphatic heterocycles. The number of amides is 1. The first-order valence-electron chi connectivity index (χ1n) is 8.59. The van der Waals surface area contributed by atoms with E-state index in [1.165, 1.54) is 12.1 Å². The van der Waals surface area contributed by atoms with Crippen molar-refractivity contribution in [1.29, 1.82) is 0 Å². The molecule has 7 heteroatoms. The number of H-pyrrole nitrogens is 1. The van der Waals surface area contributed by atoms with Gasteiger partial charge in [-0.2, -0.15) is 5.10 Å². The third-order valence-corrected chi connectivity index (χ3v) is 4.76. The molecule has 1 saturated heterocycles. The predicted octanol–water partition coefficient (Wildman–Crippen LogP) is 3.76. The summed E-state index contributed by atoms with van der Waals surface area (Å²) in [5.74, 6) is -0.143. The minimum absolute atomic E-state index is 0.00327. The highest BCUT2D eigenvalue weighted by atomic mass is 19.1. The largest absolute Gasteiger partial charge is 0.295 e. The lowest BCUT2D eigenvalue weighted by Crippen LogP contribution is -2.28. The molecule has 0 spiro atoms. The number of benzene rings is 1. The van der Waals surface area contributed by atoms with Crippen molar-refractivity contribution in [1.82, 2.24) is 15.2 Å². The van der Waals surface area contributed by atoms with Gasteiger partial charge in [0.05, 0.1) is 12.3 Å². The average Bonchev–Trinajstić information content (AvgIpc) is 3.31. The molecule has 1 N–H and O–H groups in total. The zero-order chi connectivity index (χ0) is 18.8. The number of aromatic amines is 1. The van der Waals surface area contributed by atoms with Gasteiger partial charge in [-0.05, 0) is 31.0 Å². The van der Waals surface area contributed by atoms with Gasteiger partial charge < -0.3 is 0 Å². The molecule has 0 radical (unpaired) electrons. The van der Waals surface area contributed by atoms with Gasteiger partial charge in [0, 0.05) is 36.5 Å². The highest BCUT2D eigenvalue weighted by molar-refractivity contribution is 5.96. The van der Waals surface area contributed by atoms with Crippen molar-refractivity contribution in [3.8, 4) is 11.3 Å². The summed E-state index contributed by atoms with van der Waals surface area (Å²) >= 11 is 0. The first kappa shape index (κ1) is 16.9. The third kappa shape index (κ3) is 3.29. The van der Waals surface area contributed by atoms with Crippen LogP contribution in [0, 0.1) is 18.3 Å². The van der Waals surface area contributed by atoms with E-state index in [4.69, 9.17) is 6.57 Å². The lowest BCUT2D eigenvalue weighted by Gasteiger charge is -2.13. The summed E-state index contributed by atoms with van der Waals surface area (Å²) in [6.07, 6.45) is 4.58. The van der Waals surface area contributed by atoms with E-state index in [1.807, 2.05) is 18.2 Å². The molecule has 0 saturated carbocycles. The quantitative estimate of drug-likeness (QED) is 0.720. The fourth-order valence-electron chi connectivity index (χ4n) is 3.34. The van der Waals surface area contributed by atoms with Gasteiger partial charge in [0.1, 0.15) is 5.82 Å². The van der Waals surface area contributed by atoms with Crippen LogP contribution in [0.5, 0.6) is 0 Å². The van der Waals surface area contributed by atoms with E-state index in [1.54, 1.807) is 23.4 Å². The Kier molecular flexibility index (Phi) is 4.38. The van der Waals surface area contributed by atoms with Crippen LogP contribution in [0.1, 0.15) is 12.0 Å². The molecular weight excluding hydrogens is 345 g/mol. The number of carbonyl (C=O) groups excluding carboxylic acids is 1. The minimum Gasteiger partial charge on any atom is -0.295 e. The monoisotopic (exact) mass is 361 g/mol. The summed E-state index contributed by atoms with van der Waals surface area (Å²) in [4.78, 5) is 21.7. The van der Waals surface area contributed by atoms with E-state index in [9.17, 15) is 9.18 Å². The molecular formula is C20H16FN5O. The first-order chi connectivity index (χ1) is 13.2. The van der Waals surface area contributed by atoms with Crippen LogP contribution in [0.25, 0.3) is 16.1 Å². The van der Waals surface area contributed by atoms with E-state index in [0.717, 1.165) is 16.8 Å². The van der Waals surface area contributed by atoms with Crippen LogP contribution in [-0.4, -0.2) is 27.6 Å². The standard InChI is InChI=1S/C20H16FN5O/c1-22-18-11-13(2-3-16(18)21)10-15-6-9-26(20(15)27)19-12-17(24-25-19)14-4-7-23-8-5-14/h2-5,7-8,11-12,15H,6,9-10H2,(H,24,25). The molecule has 1 fully saturated rings. The number of anilines is 1. The molecule has 1 unspecified atom stereocenters. The number of nitrogens with one attached hydrogen (secondary N) is 1. The molecule has 6 nitrogen and oxygen atoms in total. The minimum atomic E-state index is -0.534. The van der Waals surface area contributed by atoms with Crippen LogP contribution in [0.4, 0.5) is 15.9 Å². The number of hydrogen-bond donors (Lipinski definition) is 1. The number of pyridine rings is 1. The summed E-state index contributed by atoms with van der Waals surface area (Å²) in [6, 6.07) is 10.0. The van der Waals surface area contributed by atoms with Gasteiger partial charge in [0.15, 0.2) is 5.82 Å². The van der Waals surface area contributed by atoms with Crippen LogP contribution < -0.4 is 4.90 Å². The Balaban J connectivity index is 1.49. The van der Waals surface area contributed by atoms with E-state index in [2.05, 4.69) is 20.0 Å². The summed E-state index contributed by atoms with van der Waals surface area (Å²) in [5, 5.41) is 7.23. The fraction of sp³-hybridized carbons (Fsp3) is 0.200. The summed E-state index contributed by atoms with van der Waals surface area (Å²) in [6.45, 7) is 7.60. The molecule has 4 rings (SSSR count). The summed E-state index contributed by atoms with van der Waals surface area (Å²) in [5.41, 5.74) is 2.56. The molecule has 0 bridgehead atoms. The van der Waals surface area contributed by atoms with Gasteiger partial charge in [-0.15, -0.1) is 0 Å². The number of aromatic nitrogens is 3. The maximum Gasteiger partial charge on any atom is 0.231 e. The van der Waals surface area contributed by atoms with Crippen molar-refractivity contribution in [2.24, 2.45) is 5.92 Å². The van der Waals surface area contributed by atoms with Crippen LogP contribution in [-0.2, 0) is 11.2 Å². The van der Waals surface area contributed by atoms with E-state index in [-0.39, 0.29) is 17.5 Å². The Morgan fingerprint density at radius 3 is 2.85 bits per heavy atom. The molecule has 3 heterocycles. The first-order valence-corrected chi connectivity index (χ1v) is 8.59. The summed E-state index contributed by atoms with van der Waals surface area (Å²) < 4.78 is 13.5. The Labute approximate surface area is 155 Å². The fourth-order valence-corrected chi connectivity index (χ4v) is 3.34. The molecule has 1 atom stereocenters. The number of rotatable bonds is 4. The highest BCUT2D eigenvalue weighted by Gasteiger charge is 2.33. The molecule has 2 aromatic heterocycles. The lowest BCUT2D eigenvalue weighted by molar-refractivity contribution is -0.120. The molecule has 1 amide bonds. The normalized spacial score (nSPS) is 16.5. The van der Waals surface area contributed by atoms with Gasteiger partial charge >= 0.3 is 0 Å². The third-order valence-electron chi connectivity index (χ3n) is 4.76. The number of hydrogen-bond acceptors (Lipinski definition) is 3. The smallest absolute Gasteiger partial charge is 0.231 e. The van der Waals surface area contributed by atoms with Crippen LogP contribution in [0.2, 0.25) is 0 Å². The van der Waals surface area contributed by atoms with Gasteiger partial charge in [0.2, 0.25) is 11.6 Å². The molecule has 134 valence electrons. The Bertz CT molecular complexity index is 1020.